The Morgan fingerprint density at radius 2 is 2.00 bits per heavy atom. The smallest absolute Gasteiger partial charge is 0.328 e. The Morgan fingerprint density at radius 1 is 1.29 bits per heavy atom. The molecule has 0 bridgehead atoms. The molecule has 0 spiro atoms. The Hall–Kier alpha value is -1.39. The molecule has 1 aliphatic rings. The molecule has 2 rings (SSSR count). The Labute approximate surface area is 127 Å². The number of benzene rings is 1. The van der Waals surface area contributed by atoms with Crippen LogP contribution < -0.4 is 0 Å². The van der Waals surface area contributed by atoms with E-state index < -0.39 is 0 Å². The SMILES string of the molecule is CCOC(=O)C(c1ccccc1)N1CCN(C)C(CC)C1. The number of esters is 1. The highest BCUT2D eigenvalue weighted by molar-refractivity contribution is 5.77. The first kappa shape index (κ1) is 16.0. The van der Waals surface area contributed by atoms with E-state index in [4.69, 9.17) is 4.74 Å². The standard InChI is InChI=1S/C17H26N2O2/c1-4-15-13-19(12-11-18(15)3)16(17(20)21-5-2)14-9-7-6-8-10-14/h6-10,15-16H,4-5,11-13H2,1-3H3. The predicted molar refractivity (Wildman–Crippen MR) is 84.1 cm³/mol. The summed E-state index contributed by atoms with van der Waals surface area (Å²) in [6.07, 6.45) is 1.09. The Balaban J connectivity index is 2.21. The summed E-state index contributed by atoms with van der Waals surface area (Å²) in [6, 6.07) is 10.2. The molecule has 2 unspecified atom stereocenters. The van der Waals surface area contributed by atoms with Gasteiger partial charge in [-0.3, -0.25) is 4.90 Å². The number of piperazine rings is 1. The minimum atomic E-state index is -0.283. The second-order valence-corrected chi connectivity index (χ2v) is 5.60. The fourth-order valence-electron chi connectivity index (χ4n) is 3.00. The highest BCUT2D eigenvalue weighted by Gasteiger charge is 2.33. The van der Waals surface area contributed by atoms with Crippen molar-refractivity contribution in [1.29, 1.82) is 0 Å². The normalized spacial score (nSPS) is 22.0. The molecule has 0 aromatic heterocycles. The summed E-state index contributed by atoms with van der Waals surface area (Å²) in [5.74, 6) is -0.136. The number of hydrogen-bond donors (Lipinski definition) is 0. The lowest BCUT2D eigenvalue weighted by Crippen LogP contribution is -2.53. The lowest BCUT2D eigenvalue weighted by molar-refractivity contribution is -0.151. The maximum Gasteiger partial charge on any atom is 0.328 e. The molecule has 4 heteroatoms. The van der Waals surface area contributed by atoms with Crippen molar-refractivity contribution in [3.8, 4) is 0 Å². The third-order valence-electron chi connectivity index (χ3n) is 4.27. The van der Waals surface area contributed by atoms with E-state index in [1.165, 1.54) is 0 Å². The van der Waals surface area contributed by atoms with Crippen molar-refractivity contribution in [1.82, 2.24) is 9.80 Å². The molecule has 2 atom stereocenters. The van der Waals surface area contributed by atoms with Crippen LogP contribution in [0.15, 0.2) is 30.3 Å². The second-order valence-electron chi connectivity index (χ2n) is 5.60. The average molecular weight is 290 g/mol. The molecular formula is C17H26N2O2. The minimum absolute atomic E-state index is 0.136. The predicted octanol–water partition coefficient (Wildman–Crippen LogP) is 2.32. The van der Waals surface area contributed by atoms with E-state index in [2.05, 4.69) is 23.8 Å². The van der Waals surface area contributed by atoms with Gasteiger partial charge in [0.2, 0.25) is 0 Å². The van der Waals surface area contributed by atoms with Crippen LogP contribution in [0.2, 0.25) is 0 Å². The molecular weight excluding hydrogens is 264 g/mol. The zero-order valence-corrected chi connectivity index (χ0v) is 13.3. The molecule has 1 aromatic rings. The zero-order chi connectivity index (χ0) is 15.2. The summed E-state index contributed by atoms with van der Waals surface area (Å²) in [5, 5.41) is 0. The van der Waals surface area contributed by atoms with Gasteiger partial charge in [-0.15, -0.1) is 0 Å². The highest BCUT2D eigenvalue weighted by Crippen LogP contribution is 2.25. The molecule has 4 nitrogen and oxygen atoms in total. The summed E-state index contributed by atoms with van der Waals surface area (Å²) in [5.41, 5.74) is 1.02. The fourth-order valence-corrected chi connectivity index (χ4v) is 3.00. The number of ether oxygens (including phenoxy) is 1. The van der Waals surface area contributed by atoms with Crippen LogP contribution in [0, 0.1) is 0 Å². The van der Waals surface area contributed by atoms with E-state index in [0.717, 1.165) is 31.6 Å². The average Bonchev–Trinajstić information content (AvgIpc) is 2.50. The Bertz CT molecular complexity index is 449. The molecule has 0 aliphatic carbocycles. The van der Waals surface area contributed by atoms with Gasteiger partial charge in [-0.05, 0) is 26.0 Å². The van der Waals surface area contributed by atoms with Crippen molar-refractivity contribution in [3.63, 3.8) is 0 Å². The maximum atomic E-state index is 12.4. The van der Waals surface area contributed by atoms with E-state index >= 15 is 0 Å². The van der Waals surface area contributed by atoms with Gasteiger partial charge >= 0.3 is 5.97 Å². The maximum absolute atomic E-state index is 12.4. The largest absolute Gasteiger partial charge is 0.465 e. The number of rotatable bonds is 5. The van der Waals surface area contributed by atoms with Gasteiger partial charge in [-0.2, -0.15) is 0 Å². The number of carbonyl (C=O) groups is 1. The van der Waals surface area contributed by atoms with Gasteiger partial charge in [0.15, 0.2) is 0 Å². The summed E-state index contributed by atoms with van der Waals surface area (Å²) in [4.78, 5) is 17.1. The molecule has 21 heavy (non-hydrogen) atoms. The number of hydrogen-bond acceptors (Lipinski definition) is 4. The van der Waals surface area contributed by atoms with Gasteiger partial charge in [0.05, 0.1) is 6.61 Å². The van der Waals surface area contributed by atoms with E-state index in [9.17, 15) is 4.79 Å². The van der Waals surface area contributed by atoms with E-state index in [1.807, 2.05) is 37.3 Å². The first-order valence-corrected chi connectivity index (χ1v) is 7.83. The van der Waals surface area contributed by atoms with Gasteiger partial charge in [0.25, 0.3) is 0 Å². The first-order valence-electron chi connectivity index (χ1n) is 7.83. The van der Waals surface area contributed by atoms with Crippen LogP contribution >= 0.6 is 0 Å². The molecule has 1 heterocycles. The molecule has 0 N–H and O–H groups in total. The molecule has 0 radical (unpaired) electrons. The van der Waals surface area contributed by atoms with Crippen LogP contribution in [0.1, 0.15) is 31.9 Å². The van der Waals surface area contributed by atoms with Crippen molar-refractivity contribution in [3.05, 3.63) is 35.9 Å². The molecule has 116 valence electrons. The van der Waals surface area contributed by atoms with Crippen LogP contribution in [0.5, 0.6) is 0 Å². The summed E-state index contributed by atoms with van der Waals surface area (Å²) in [7, 11) is 2.16. The third kappa shape index (κ3) is 3.83. The zero-order valence-electron chi connectivity index (χ0n) is 13.3. The minimum Gasteiger partial charge on any atom is -0.465 e. The van der Waals surface area contributed by atoms with E-state index in [0.29, 0.717) is 12.6 Å². The van der Waals surface area contributed by atoms with Crippen LogP contribution in [0.25, 0.3) is 0 Å². The van der Waals surface area contributed by atoms with Gasteiger partial charge in [0, 0.05) is 25.7 Å². The van der Waals surface area contributed by atoms with Gasteiger partial charge in [-0.25, -0.2) is 4.79 Å². The third-order valence-corrected chi connectivity index (χ3v) is 4.27. The number of likely N-dealkylation sites (N-methyl/N-ethyl adjacent to an activating group) is 1. The van der Waals surface area contributed by atoms with Crippen molar-refractivity contribution in [2.24, 2.45) is 0 Å². The van der Waals surface area contributed by atoms with Crippen molar-refractivity contribution in [2.75, 3.05) is 33.3 Å². The van der Waals surface area contributed by atoms with Crippen LogP contribution in [0.3, 0.4) is 0 Å². The molecule has 1 aliphatic heterocycles. The number of carbonyl (C=O) groups excluding carboxylic acids is 1. The van der Waals surface area contributed by atoms with Crippen LogP contribution in [-0.4, -0.2) is 55.1 Å². The van der Waals surface area contributed by atoms with Crippen LogP contribution in [-0.2, 0) is 9.53 Å². The molecule has 1 fully saturated rings. The molecule has 1 aromatic carbocycles. The quantitative estimate of drug-likeness (QED) is 0.779. The summed E-state index contributed by atoms with van der Waals surface area (Å²) < 4.78 is 5.31. The van der Waals surface area contributed by atoms with Gasteiger partial charge in [0.1, 0.15) is 6.04 Å². The fraction of sp³-hybridized carbons (Fsp3) is 0.588. The summed E-state index contributed by atoms with van der Waals surface area (Å²) >= 11 is 0. The first-order chi connectivity index (χ1) is 10.2. The van der Waals surface area contributed by atoms with Gasteiger partial charge < -0.3 is 9.64 Å². The topological polar surface area (TPSA) is 32.8 Å². The molecule has 0 amide bonds. The highest BCUT2D eigenvalue weighted by atomic mass is 16.5. The molecule has 0 saturated carbocycles. The molecule has 1 saturated heterocycles. The lowest BCUT2D eigenvalue weighted by atomic mass is 10.0. The van der Waals surface area contributed by atoms with Crippen molar-refractivity contribution in [2.45, 2.75) is 32.4 Å². The van der Waals surface area contributed by atoms with Crippen molar-refractivity contribution >= 4 is 5.97 Å². The number of nitrogens with zero attached hydrogens (tertiary/aromatic N) is 2. The van der Waals surface area contributed by atoms with Crippen molar-refractivity contribution < 1.29 is 9.53 Å². The Kier molecular flexibility index (Phi) is 5.76. The van der Waals surface area contributed by atoms with E-state index in [-0.39, 0.29) is 12.0 Å². The van der Waals surface area contributed by atoms with E-state index in [1.54, 1.807) is 0 Å². The van der Waals surface area contributed by atoms with Crippen LogP contribution in [0.4, 0.5) is 0 Å². The lowest BCUT2D eigenvalue weighted by Gasteiger charge is -2.42. The second kappa shape index (κ2) is 7.57. The monoisotopic (exact) mass is 290 g/mol. The summed E-state index contributed by atoms with van der Waals surface area (Å²) in [6.45, 7) is 7.27. The Morgan fingerprint density at radius 3 is 2.62 bits per heavy atom. The van der Waals surface area contributed by atoms with Gasteiger partial charge in [-0.1, -0.05) is 37.3 Å².